The van der Waals surface area contributed by atoms with Gasteiger partial charge >= 0.3 is 5.97 Å². The van der Waals surface area contributed by atoms with Crippen LogP contribution in [0, 0.1) is 17.8 Å². The van der Waals surface area contributed by atoms with Crippen LogP contribution in [0.15, 0.2) is 0 Å². The molecule has 6 nitrogen and oxygen atoms in total. The van der Waals surface area contributed by atoms with E-state index in [9.17, 15) is 14.4 Å². The summed E-state index contributed by atoms with van der Waals surface area (Å²) in [4.78, 5) is 39.1. The fourth-order valence-electron chi connectivity index (χ4n) is 4.01. The molecule has 2 amide bonds. The molecule has 0 aromatic rings. The fourth-order valence-corrected chi connectivity index (χ4v) is 4.01. The first-order chi connectivity index (χ1) is 11.4. The maximum atomic E-state index is 12.5. The van der Waals surface area contributed by atoms with Crippen LogP contribution >= 0.6 is 0 Å². The molecule has 2 fully saturated rings. The Balaban J connectivity index is 1.81. The summed E-state index contributed by atoms with van der Waals surface area (Å²) in [5.74, 6) is -0.871. The number of nitrogens with zero attached hydrogens (tertiary/aromatic N) is 2. The topological polar surface area (TPSA) is 77.9 Å². The number of carboxylic acid groups (broad SMARTS) is 1. The Labute approximate surface area is 144 Å². The molecule has 1 aliphatic heterocycles. The Morgan fingerprint density at radius 3 is 2.46 bits per heavy atom. The summed E-state index contributed by atoms with van der Waals surface area (Å²) in [6.07, 6.45) is 7.18. The third-order valence-corrected chi connectivity index (χ3v) is 5.46. The molecule has 1 saturated heterocycles. The number of hydrogen-bond donors (Lipinski definition) is 1. The van der Waals surface area contributed by atoms with Crippen molar-refractivity contribution in [1.29, 1.82) is 0 Å². The van der Waals surface area contributed by atoms with Gasteiger partial charge in [0.15, 0.2) is 0 Å². The van der Waals surface area contributed by atoms with Gasteiger partial charge in [-0.15, -0.1) is 0 Å². The van der Waals surface area contributed by atoms with Crippen molar-refractivity contribution < 1.29 is 19.5 Å². The lowest BCUT2D eigenvalue weighted by molar-refractivity contribution is -0.147. The molecule has 1 N–H and O–H groups in total. The monoisotopic (exact) mass is 338 g/mol. The summed E-state index contributed by atoms with van der Waals surface area (Å²) in [6.45, 7) is 2.83. The Morgan fingerprint density at radius 2 is 1.83 bits per heavy atom. The first-order valence-electron chi connectivity index (χ1n) is 9.14. The largest absolute Gasteiger partial charge is 0.481 e. The van der Waals surface area contributed by atoms with E-state index in [0.29, 0.717) is 25.3 Å². The third kappa shape index (κ3) is 4.95. The Hall–Kier alpha value is -1.59. The molecule has 2 unspecified atom stereocenters. The molecule has 0 aromatic carbocycles. The zero-order valence-electron chi connectivity index (χ0n) is 14.9. The van der Waals surface area contributed by atoms with Crippen molar-refractivity contribution in [2.75, 3.05) is 26.7 Å². The molecule has 0 radical (unpaired) electrons. The molecule has 1 heterocycles. The number of amides is 2. The van der Waals surface area contributed by atoms with E-state index in [0.717, 1.165) is 6.42 Å². The average molecular weight is 338 g/mol. The van der Waals surface area contributed by atoms with Crippen molar-refractivity contribution in [2.45, 2.75) is 51.9 Å². The van der Waals surface area contributed by atoms with Crippen LogP contribution in [0.2, 0.25) is 0 Å². The van der Waals surface area contributed by atoms with Gasteiger partial charge in [0, 0.05) is 26.1 Å². The van der Waals surface area contributed by atoms with Gasteiger partial charge in [-0.2, -0.15) is 0 Å². The summed E-state index contributed by atoms with van der Waals surface area (Å²) < 4.78 is 0. The SMILES string of the molecule is CC(CC1CCCC1)C(=O)N(C)CC(=O)N1CCCC(C(=O)O)C1. The van der Waals surface area contributed by atoms with Crippen molar-refractivity contribution in [3.8, 4) is 0 Å². The Morgan fingerprint density at radius 1 is 1.17 bits per heavy atom. The first kappa shape index (κ1) is 18.7. The van der Waals surface area contributed by atoms with Gasteiger partial charge in [-0.05, 0) is 25.2 Å². The normalized spacial score (nSPS) is 23.1. The van der Waals surface area contributed by atoms with Gasteiger partial charge in [-0.25, -0.2) is 0 Å². The smallest absolute Gasteiger partial charge is 0.308 e. The summed E-state index contributed by atoms with van der Waals surface area (Å²) >= 11 is 0. The molecule has 1 aliphatic carbocycles. The summed E-state index contributed by atoms with van der Waals surface area (Å²) in [5, 5.41) is 9.11. The molecule has 6 heteroatoms. The number of piperidine rings is 1. The van der Waals surface area contributed by atoms with E-state index < -0.39 is 11.9 Å². The van der Waals surface area contributed by atoms with Gasteiger partial charge in [0.05, 0.1) is 12.5 Å². The fraction of sp³-hybridized carbons (Fsp3) is 0.833. The minimum absolute atomic E-state index is 0.0158. The molecule has 0 aromatic heterocycles. The zero-order chi connectivity index (χ0) is 17.7. The second kappa shape index (κ2) is 8.49. The van der Waals surface area contributed by atoms with Crippen LogP contribution in [0.4, 0.5) is 0 Å². The summed E-state index contributed by atoms with van der Waals surface area (Å²) in [5.41, 5.74) is 0. The maximum Gasteiger partial charge on any atom is 0.308 e. The first-order valence-corrected chi connectivity index (χ1v) is 9.14. The highest BCUT2D eigenvalue weighted by Gasteiger charge is 2.30. The van der Waals surface area contributed by atoms with Gasteiger partial charge in [0.1, 0.15) is 0 Å². The van der Waals surface area contributed by atoms with Crippen molar-refractivity contribution in [3.63, 3.8) is 0 Å². The van der Waals surface area contributed by atoms with E-state index in [-0.39, 0.29) is 30.8 Å². The van der Waals surface area contributed by atoms with E-state index in [2.05, 4.69) is 0 Å². The minimum Gasteiger partial charge on any atom is -0.481 e. The number of hydrogen-bond acceptors (Lipinski definition) is 3. The van der Waals surface area contributed by atoms with Gasteiger partial charge in [0.2, 0.25) is 11.8 Å². The van der Waals surface area contributed by atoms with Crippen LogP contribution in [0.1, 0.15) is 51.9 Å². The standard InChI is InChI=1S/C18H30N2O4/c1-13(10-14-6-3-4-7-14)17(22)19(2)12-16(21)20-9-5-8-15(11-20)18(23)24/h13-15H,3-12H2,1-2H3,(H,23,24). The van der Waals surface area contributed by atoms with E-state index in [1.165, 1.54) is 30.6 Å². The maximum absolute atomic E-state index is 12.5. The highest BCUT2D eigenvalue weighted by atomic mass is 16.4. The molecule has 2 atom stereocenters. The van der Waals surface area contributed by atoms with Crippen LogP contribution in [0.25, 0.3) is 0 Å². The molecule has 0 spiro atoms. The minimum atomic E-state index is -0.845. The van der Waals surface area contributed by atoms with Crippen LogP contribution in [-0.4, -0.2) is 59.4 Å². The molecule has 1 saturated carbocycles. The number of carboxylic acids is 1. The molecule has 136 valence electrons. The summed E-state index contributed by atoms with van der Waals surface area (Å²) in [6, 6.07) is 0. The molecular weight excluding hydrogens is 308 g/mol. The van der Waals surface area contributed by atoms with Gasteiger partial charge in [-0.1, -0.05) is 32.6 Å². The lowest BCUT2D eigenvalue weighted by Crippen LogP contribution is -2.47. The van der Waals surface area contributed by atoms with Crippen molar-refractivity contribution in [1.82, 2.24) is 9.80 Å². The van der Waals surface area contributed by atoms with Crippen LogP contribution < -0.4 is 0 Å². The van der Waals surface area contributed by atoms with E-state index in [1.807, 2.05) is 6.92 Å². The average Bonchev–Trinajstić information content (AvgIpc) is 3.06. The highest BCUT2D eigenvalue weighted by Crippen LogP contribution is 2.30. The second-order valence-corrected chi connectivity index (χ2v) is 7.50. The third-order valence-electron chi connectivity index (χ3n) is 5.46. The van der Waals surface area contributed by atoms with Gasteiger partial charge < -0.3 is 14.9 Å². The van der Waals surface area contributed by atoms with E-state index >= 15 is 0 Å². The molecule has 0 bridgehead atoms. The van der Waals surface area contributed by atoms with E-state index in [1.54, 1.807) is 11.9 Å². The van der Waals surface area contributed by atoms with Gasteiger partial charge in [-0.3, -0.25) is 14.4 Å². The van der Waals surface area contributed by atoms with Crippen LogP contribution in [-0.2, 0) is 14.4 Å². The number of carbonyl (C=O) groups is 3. The predicted molar refractivity (Wildman–Crippen MR) is 90.3 cm³/mol. The summed E-state index contributed by atoms with van der Waals surface area (Å²) in [7, 11) is 1.67. The quantitative estimate of drug-likeness (QED) is 0.803. The number of rotatable bonds is 6. The Kier molecular flexibility index (Phi) is 6.63. The number of carbonyl (C=O) groups excluding carboxylic acids is 2. The molecule has 2 rings (SSSR count). The number of aliphatic carboxylic acids is 1. The van der Waals surface area contributed by atoms with Crippen LogP contribution in [0.5, 0.6) is 0 Å². The van der Waals surface area contributed by atoms with Crippen LogP contribution in [0.3, 0.4) is 0 Å². The lowest BCUT2D eigenvalue weighted by Gasteiger charge is -2.32. The molecule has 24 heavy (non-hydrogen) atoms. The Bertz CT molecular complexity index is 474. The number of likely N-dealkylation sites (N-methyl/N-ethyl adjacent to an activating group) is 1. The van der Waals surface area contributed by atoms with Crippen molar-refractivity contribution in [3.05, 3.63) is 0 Å². The van der Waals surface area contributed by atoms with Crippen molar-refractivity contribution >= 4 is 17.8 Å². The number of likely N-dealkylation sites (tertiary alicyclic amines) is 1. The molecular formula is C18H30N2O4. The molecule has 2 aliphatic rings. The second-order valence-electron chi connectivity index (χ2n) is 7.50. The zero-order valence-corrected chi connectivity index (χ0v) is 14.9. The van der Waals surface area contributed by atoms with Crippen molar-refractivity contribution in [2.24, 2.45) is 17.8 Å². The highest BCUT2D eigenvalue weighted by molar-refractivity contribution is 5.86. The van der Waals surface area contributed by atoms with Gasteiger partial charge in [0.25, 0.3) is 0 Å². The lowest BCUT2D eigenvalue weighted by atomic mass is 9.93. The van der Waals surface area contributed by atoms with E-state index in [4.69, 9.17) is 5.11 Å². The predicted octanol–water partition coefficient (Wildman–Crippen LogP) is 1.98.